The Hall–Kier alpha value is -4.74. The van der Waals surface area contributed by atoms with Crippen molar-refractivity contribution in [3.63, 3.8) is 0 Å². The number of furan rings is 1. The van der Waals surface area contributed by atoms with E-state index >= 15 is 0 Å². The number of likely N-dealkylation sites (tertiary alicyclic amines) is 2. The number of nitrogens with one attached hydrogen (secondary N) is 2. The van der Waals surface area contributed by atoms with Gasteiger partial charge in [-0.25, -0.2) is 4.99 Å². The predicted octanol–water partition coefficient (Wildman–Crippen LogP) is 3.82. The molecule has 1 atom stereocenters. The van der Waals surface area contributed by atoms with E-state index in [2.05, 4.69) is 15.6 Å². The fraction of sp³-hybridized carbons (Fsp3) is 0.455. The number of hydrogen-bond donors (Lipinski definition) is 2. The molecule has 0 aliphatic carbocycles. The number of benzene rings is 1. The molecule has 2 aromatic heterocycles. The van der Waals surface area contributed by atoms with Gasteiger partial charge in [0.2, 0.25) is 17.8 Å². The zero-order valence-electron chi connectivity index (χ0n) is 26.2. The van der Waals surface area contributed by atoms with Crippen molar-refractivity contribution in [2.45, 2.75) is 58.9 Å². The number of aliphatic imine (C=N–C) groups is 1. The van der Waals surface area contributed by atoms with Crippen LogP contribution in [0, 0.1) is 6.92 Å². The van der Waals surface area contributed by atoms with Gasteiger partial charge in [0.15, 0.2) is 0 Å². The highest BCUT2D eigenvalue weighted by Gasteiger charge is 2.30. The summed E-state index contributed by atoms with van der Waals surface area (Å²) >= 11 is 0. The molecule has 238 valence electrons. The molecule has 3 aromatic rings. The van der Waals surface area contributed by atoms with E-state index in [1.165, 1.54) is 18.5 Å². The van der Waals surface area contributed by atoms with E-state index in [0.29, 0.717) is 37.3 Å². The van der Waals surface area contributed by atoms with Crippen LogP contribution in [0.15, 0.2) is 52.1 Å². The average molecular weight is 616 g/mol. The number of fused-ring (bicyclic) bond motifs is 1. The molecule has 2 saturated heterocycles. The summed E-state index contributed by atoms with van der Waals surface area (Å²) in [5.74, 6) is -0.207. The first kappa shape index (κ1) is 31.7. The molecule has 0 radical (unpaired) electrons. The third kappa shape index (κ3) is 7.68. The summed E-state index contributed by atoms with van der Waals surface area (Å²) in [6.07, 6.45) is 6.76. The van der Waals surface area contributed by atoms with E-state index in [4.69, 9.17) is 9.41 Å². The summed E-state index contributed by atoms with van der Waals surface area (Å²) in [5, 5.41) is 6.86. The van der Waals surface area contributed by atoms with Crippen LogP contribution in [0.3, 0.4) is 0 Å². The van der Waals surface area contributed by atoms with Crippen molar-refractivity contribution in [1.29, 1.82) is 0 Å². The second-order valence-corrected chi connectivity index (χ2v) is 11.5. The topological polar surface area (TPSA) is 140 Å². The number of pyridine rings is 1. The van der Waals surface area contributed by atoms with Gasteiger partial charge in [-0.05, 0) is 83.2 Å². The number of carbonyl (C=O) groups is 4. The Morgan fingerprint density at radius 1 is 1.00 bits per heavy atom. The molecule has 12 nitrogen and oxygen atoms in total. The Morgan fingerprint density at radius 3 is 2.49 bits per heavy atom. The number of rotatable bonds is 8. The largest absolute Gasteiger partial charge is 0.461 e. The molecule has 2 aliphatic rings. The second-order valence-electron chi connectivity index (χ2n) is 11.5. The Labute approximate surface area is 262 Å². The van der Waals surface area contributed by atoms with Crippen LogP contribution >= 0.6 is 0 Å². The summed E-state index contributed by atoms with van der Waals surface area (Å²) in [7, 11) is 0. The maximum atomic E-state index is 13.7. The van der Waals surface area contributed by atoms with Crippen molar-refractivity contribution in [3.05, 3.63) is 59.6 Å². The minimum absolute atomic E-state index is 0.0233. The van der Waals surface area contributed by atoms with Crippen LogP contribution in [0.25, 0.3) is 11.0 Å². The molecule has 4 amide bonds. The van der Waals surface area contributed by atoms with Crippen LogP contribution in [0.4, 0.5) is 5.69 Å². The summed E-state index contributed by atoms with van der Waals surface area (Å²) < 4.78 is 5.70. The minimum atomic E-state index is -0.796. The minimum Gasteiger partial charge on any atom is -0.461 e. The Kier molecular flexibility index (Phi) is 10.1. The van der Waals surface area contributed by atoms with E-state index in [1.54, 1.807) is 15.9 Å². The van der Waals surface area contributed by atoms with E-state index < -0.39 is 11.9 Å². The summed E-state index contributed by atoms with van der Waals surface area (Å²) in [4.78, 5) is 67.0. The molecule has 2 fully saturated rings. The standard InChI is InChI=1S/C33H41N7O5/c1-4-38(5-2)31(43)25-17-24(19-34-20-25)30(42)37-33(35-26-11-12-28-23(18-26)16-22(3)45-28)36-27-10-6-7-15-40(32(27)44)21-29(41)39-13-8-9-14-39/h11-12,16-20,27H,4-10,13-15,21H2,1-3H3,(H2,35,36,37,42)/t27-/m0/s1. The van der Waals surface area contributed by atoms with Gasteiger partial charge in [0, 0.05) is 56.2 Å². The highest BCUT2D eigenvalue weighted by molar-refractivity contribution is 6.11. The summed E-state index contributed by atoms with van der Waals surface area (Å²) in [5.41, 5.74) is 1.83. The number of guanidine groups is 1. The van der Waals surface area contributed by atoms with Gasteiger partial charge in [-0.2, -0.15) is 0 Å². The van der Waals surface area contributed by atoms with Crippen LogP contribution in [0.2, 0.25) is 0 Å². The van der Waals surface area contributed by atoms with Gasteiger partial charge in [-0.15, -0.1) is 0 Å². The lowest BCUT2D eigenvalue weighted by molar-refractivity contribution is -0.140. The number of hydrogen-bond acceptors (Lipinski definition) is 7. The molecule has 4 heterocycles. The Morgan fingerprint density at radius 2 is 1.73 bits per heavy atom. The van der Waals surface area contributed by atoms with Crippen LogP contribution in [-0.2, 0) is 9.59 Å². The van der Waals surface area contributed by atoms with E-state index in [-0.39, 0.29) is 35.8 Å². The first-order valence-electron chi connectivity index (χ1n) is 15.7. The predicted molar refractivity (Wildman–Crippen MR) is 171 cm³/mol. The molecular weight excluding hydrogens is 574 g/mol. The highest BCUT2D eigenvalue weighted by Crippen LogP contribution is 2.23. The average Bonchev–Trinajstić information content (AvgIpc) is 3.68. The lowest BCUT2D eigenvalue weighted by Gasteiger charge is -2.25. The van der Waals surface area contributed by atoms with Crippen LogP contribution in [0.5, 0.6) is 0 Å². The van der Waals surface area contributed by atoms with Gasteiger partial charge in [0.1, 0.15) is 17.4 Å². The van der Waals surface area contributed by atoms with E-state index in [0.717, 1.165) is 55.5 Å². The molecular formula is C33H41N7O5. The molecule has 1 aromatic carbocycles. The van der Waals surface area contributed by atoms with Gasteiger partial charge in [0.25, 0.3) is 11.8 Å². The molecule has 5 rings (SSSR count). The number of anilines is 1. The van der Waals surface area contributed by atoms with Gasteiger partial charge < -0.3 is 24.4 Å². The Bertz CT molecular complexity index is 1590. The maximum Gasteiger partial charge on any atom is 0.259 e. The number of carbonyl (C=O) groups excluding carboxylic acids is 4. The summed E-state index contributed by atoms with van der Waals surface area (Å²) in [6.45, 7) is 8.65. The van der Waals surface area contributed by atoms with Crippen molar-refractivity contribution in [1.82, 2.24) is 25.0 Å². The van der Waals surface area contributed by atoms with Crippen molar-refractivity contribution in [2.75, 3.05) is 44.6 Å². The third-order valence-electron chi connectivity index (χ3n) is 8.25. The first-order chi connectivity index (χ1) is 21.7. The van der Waals surface area contributed by atoms with Crippen LogP contribution in [-0.4, -0.2) is 94.6 Å². The zero-order chi connectivity index (χ0) is 31.9. The van der Waals surface area contributed by atoms with Gasteiger partial charge in [0.05, 0.1) is 17.7 Å². The SMILES string of the molecule is CCN(CC)C(=O)c1cncc(C(=O)NC(=N[C@H]2CCCCN(CC(=O)N3CCCC3)C2=O)Nc2ccc3oc(C)cc3c2)c1. The van der Waals surface area contributed by atoms with Crippen molar-refractivity contribution >= 4 is 46.2 Å². The molecule has 45 heavy (non-hydrogen) atoms. The number of aryl methyl sites for hydroxylation is 1. The first-order valence-corrected chi connectivity index (χ1v) is 15.7. The van der Waals surface area contributed by atoms with Crippen molar-refractivity contribution in [3.8, 4) is 0 Å². The summed E-state index contributed by atoms with van der Waals surface area (Å²) in [6, 6.07) is 8.10. The molecule has 0 bridgehead atoms. The second kappa shape index (κ2) is 14.4. The molecule has 2 aliphatic heterocycles. The van der Waals surface area contributed by atoms with Gasteiger partial charge in [-0.3, -0.25) is 29.5 Å². The normalized spacial score (nSPS) is 17.4. The quantitative estimate of drug-likeness (QED) is 0.290. The molecule has 12 heteroatoms. The van der Waals surface area contributed by atoms with Crippen LogP contribution in [0.1, 0.15) is 72.4 Å². The smallest absolute Gasteiger partial charge is 0.259 e. The highest BCUT2D eigenvalue weighted by atomic mass is 16.3. The van der Waals surface area contributed by atoms with Crippen molar-refractivity contribution in [2.24, 2.45) is 4.99 Å². The van der Waals surface area contributed by atoms with Gasteiger partial charge >= 0.3 is 0 Å². The van der Waals surface area contributed by atoms with Gasteiger partial charge in [-0.1, -0.05) is 0 Å². The number of aromatic nitrogens is 1. The fourth-order valence-electron chi connectivity index (χ4n) is 5.79. The lowest BCUT2D eigenvalue weighted by atomic mass is 10.1. The maximum absolute atomic E-state index is 13.7. The number of nitrogens with zero attached hydrogens (tertiary/aromatic N) is 5. The van der Waals surface area contributed by atoms with E-state index in [9.17, 15) is 19.2 Å². The van der Waals surface area contributed by atoms with Crippen molar-refractivity contribution < 1.29 is 23.6 Å². The third-order valence-corrected chi connectivity index (χ3v) is 8.25. The molecule has 0 saturated carbocycles. The monoisotopic (exact) mass is 615 g/mol. The van der Waals surface area contributed by atoms with Crippen LogP contribution < -0.4 is 10.6 Å². The zero-order valence-corrected chi connectivity index (χ0v) is 26.2. The molecule has 2 N–H and O–H groups in total. The molecule has 0 unspecified atom stereocenters. The fourth-order valence-corrected chi connectivity index (χ4v) is 5.79. The number of amides is 4. The van der Waals surface area contributed by atoms with E-state index in [1.807, 2.05) is 43.9 Å². The lowest BCUT2D eigenvalue weighted by Crippen LogP contribution is -2.45. The molecule has 0 spiro atoms. The Balaban J connectivity index is 1.41.